The Morgan fingerprint density at radius 3 is 2.00 bits per heavy atom. The Hall–Kier alpha value is -0.570. The monoisotopic (exact) mass is 298 g/mol. The van der Waals surface area contributed by atoms with Gasteiger partial charge in [-0.1, -0.05) is 58.3 Å². The van der Waals surface area contributed by atoms with Crippen LogP contribution in [0.15, 0.2) is 0 Å². The Kier molecular flexibility index (Phi) is 10.6. The van der Waals surface area contributed by atoms with Gasteiger partial charge in [-0.05, 0) is 32.1 Å². The molecule has 0 aromatic rings. The topological polar surface area (TPSA) is 46.5 Å². The second kappa shape index (κ2) is 12.0. The van der Waals surface area contributed by atoms with Crippen molar-refractivity contribution in [3.05, 3.63) is 0 Å². The van der Waals surface area contributed by atoms with E-state index in [4.69, 9.17) is 9.84 Å². The zero-order valence-electron chi connectivity index (χ0n) is 13.8. The molecule has 2 atom stereocenters. The van der Waals surface area contributed by atoms with Gasteiger partial charge in [0.15, 0.2) is 0 Å². The maximum Gasteiger partial charge on any atom is 0.303 e. The van der Waals surface area contributed by atoms with Gasteiger partial charge in [-0.2, -0.15) is 0 Å². The molecule has 1 fully saturated rings. The van der Waals surface area contributed by atoms with Crippen molar-refractivity contribution in [3.63, 3.8) is 0 Å². The number of carboxylic acids is 1. The van der Waals surface area contributed by atoms with E-state index in [-0.39, 0.29) is 0 Å². The lowest BCUT2D eigenvalue weighted by Crippen LogP contribution is -2.10. The standard InChI is InChI=1S/C18H34O3/c1-2-3-8-11-16-14-15-17(21-16)12-9-6-4-5-7-10-13-18(19)20/h16-17H,2-15H2,1H3,(H,19,20). The summed E-state index contributed by atoms with van der Waals surface area (Å²) in [6.45, 7) is 2.25. The second-order valence-corrected chi connectivity index (χ2v) is 6.51. The van der Waals surface area contributed by atoms with Crippen LogP contribution in [0.3, 0.4) is 0 Å². The molecule has 0 aliphatic carbocycles. The molecule has 0 bridgehead atoms. The zero-order chi connectivity index (χ0) is 15.3. The lowest BCUT2D eigenvalue weighted by molar-refractivity contribution is -0.137. The van der Waals surface area contributed by atoms with Crippen LogP contribution in [0.1, 0.15) is 96.8 Å². The Morgan fingerprint density at radius 2 is 1.43 bits per heavy atom. The van der Waals surface area contributed by atoms with Gasteiger partial charge >= 0.3 is 5.97 Å². The molecule has 1 rings (SSSR count). The summed E-state index contributed by atoms with van der Waals surface area (Å²) in [5, 5.41) is 8.55. The highest BCUT2D eigenvalue weighted by atomic mass is 16.5. The van der Waals surface area contributed by atoms with Crippen molar-refractivity contribution in [1.29, 1.82) is 0 Å². The minimum Gasteiger partial charge on any atom is -0.481 e. The molecule has 124 valence electrons. The van der Waals surface area contributed by atoms with E-state index >= 15 is 0 Å². The summed E-state index contributed by atoms with van der Waals surface area (Å²) in [5.41, 5.74) is 0. The molecule has 1 heterocycles. The van der Waals surface area contributed by atoms with Crippen LogP contribution >= 0.6 is 0 Å². The smallest absolute Gasteiger partial charge is 0.303 e. The fourth-order valence-electron chi connectivity index (χ4n) is 3.18. The zero-order valence-corrected chi connectivity index (χ0v) is 13.8. The van der Waals surface area contributed by atoms with Crippen molar-refractivity contribution in [2.24, 2.45) is 0 Å². The molecule has 2 unspecified atom stereocenters. The van der Waals surface area contributed by atoms with Crippen LogP contribution in [0.5, 0.6) is 0 Å². The number of aliphatic carboxylic acids is 1. The summed E-state index contributed by atoms with van der Waals surface area (Å²) in [6.07, 6.45) is 17.2. The van der Waals surface area contributed by atoms with E-state index in [2.05, 4.69) is 6.92 Å². The van der Waals surface area contributed by atoms with Crippen molar-refractivity contribution in [1.82, 2.24) is 0 Å². The first-order chi connectivity index (χ1) is 10.2. The molecule has 0 saturated carbocycles. The van der Waals surface area contributed by atoms with Gasteiger partial charge in [-0.3, -0.25) is 4.79 Å². The number of unbranched alkanes of at least 4 members (excludes halogenated alkanes) is 7. The van der Waals surface area contributed by atoms with Gasteiger partial charge in [0.2, 0.25) is 0 Å². The molecular weight excluding hydrogens is 264 g/mol. The van der Waals surface area contributed by atoms with Crippen LogP contribution in [0.25, 0.3) is 0 Å². The van der Waals surface area contributed by atoms with Crippen LogP contribution in [0, 0.1) is 0 Å². The molecule has 0 radical (unpaired) electrons. The van der Waals surface area contributed by atoms with Gasteiger partial charge < -0.3 is 9.84 Å². The number of hydrogen-bond acceptors (Lipinski definition) is 2. The van der Waals surface area contributed by atoms with Gasteiger partial charge in [0.25, 0.3) is 0 Å². The SMILES string of the molecule is CCCCCC1CCC(CCCCCCCCC(=O)O)O1. The summed E-state index contributed by atoms with van der Waals surface area (Å²) >= 11 is 0. The fourth-order valence-corrected chi connectivity index (χ4v) is 3.18. The van der Waals surface area contributed by atoms with E-state index in [0.29, 0.717) is 18.6 Å². The quantitative estimate of drug-likeness (QED) is 0.468. The number of hydrogen-bond donors (Lipinski definition) is 1. The highest BCUT2D eigenvalue weighted by molar-refractivity contribution is 5.66. The molecule has 1 aliphatic rings. The van der Waals surface area contributed by atoms with Crippen LogP contribution in [-0.2, 0) is 9.53 Å². The van der Waals surface area contributed by atoms with Gasteiger partial charge in [0, 0.05) is 6.42 Å². The van der Waals surface area contributed by atoms with Crippen LogP contribution in [-0.4, -0.2) is 23.3 Å². The van der Waals surface area contributed by atoms with Crippen LogP contribution in [0.2, 0.25) is 0 Å². The Morgan fingerprint density at radius 1 is 0.905 bits per heavy atom. The minimum absolute atomic E-state index is 0.329. The average molecular weight is 298 g/mol. The van der Waals surface area contributed by atoms with E-state index in [1.165, 1.54) is 70.6 Å². The third kappa shape index (κ3) is 9.89. The highest BCUT2D eigenvalue weighted by Crippen LogP contribution is 2.27. The lowest BCUT2D eigenvalue weighted by atomic mass is 10.0. The summed E-state index contributed by atoms with van der Waals surface area (Å²) < 4.78 is 6.11. The van der Waals surface area contributed by atoms with Gasteiger partial charge in [0.05, 0.1) is 12.2 Å². The van der Waals surface area contributed by atoms with E-state index in [0.717, 1.165) is 12.8 Å². The lowest BCUT2D eigenvalue weighted by Gasteiger charge is -2.13. The predicted molar refractivity (Wildman–Crippen MR) is 86.6 cm³/mol. The van der Waals surface area contributed by atoms with E-state index in [1.807, 2.05) is 0 Å². The summed E-state index contributed by atoms with van der Waals surface area (Å²) in [4.78, 5) is 10.4. The molecule has 1 N–H and O–H groups in total. The average Bonchev–Trinajstić information content (AvgIpc) is 2.89. The van der Waals surface area contributed by atoms with Gasteiger partial charge in [-0.15, -0.1) is 0 Å². The normalized spacial score (nSPS) is 21.8. The molecule has 0 aromatic heterocycles. The van der Waals surface area contributed by atoms with E-state index in [1.54, 1.807) is 0 Å². The molecule has 0 amide bonds. The molecular formula is C18H34O3. The highest BCUT2D eigenvalue weighted by Gasteiger charge is 2.23. The van der Waals surface area contributed by atoms with E-state index in [9.17, 15) is 4.79 Å². The van der Waals surface area contributed by atoms with E-state index < -0.39 is 5.97 Å². The Bertz CT molecular complexity index is 265. The molecule has 21 heavy (non-hydrogen) atoms. The maximum absolute atomic E-state index is 10.4. The Balaban J connectivity index is 1.86. The summed E-state index contributed by atoms with van der Waals surface area (Å²) in [7, 11) is 0. The van der Waals surface area contributed by atoms with Crippen molar-refractivity contribution in [2.75, 3.05) is 0 Å². The van der Waals surface area contributed by atoms with Crippen molar-refractivity contribution in [2.45, 2.75) is 109 Å². The minimum atomic E-state index is -0.665. The number of rotatable bonds is 13. The van der Waals surface area contributed by atoms with Gasteiger partial charge in [-0.25, -0.2) is 0 Å². The molecule has 1 aliphatic heterocycles. The molecule has 1 saturated heterocycles. The molecule has 0 spiro atoms. The number of carbonyl (C=O) groups is 1. The third-order valence-corrected chi connectivity index (χ3v) is 4.49. The molecule has 3 heteroatoms. The van der Waals surface area contributed by atoms with Crippen molar-refractivity contribution >= 4 is 5.97 Å². The number of carboxylic acid groups (broad SMARTS) is 1. The van der Waals surface area contributed by atoms with Crippen LogP contribution in [0.4, 0.5) is 0 Å². The van der Waals surface area contributed by atoms with Gasteiger partial charge in [0.1, 0.15) is 0 Å². The molecule has 3 nitrogen and oxygen atoms in total. The van der Waals surface area contributed by atoms with Crippen molar-refractivity contribution < 1.29 is 14.6 Å². The van der Waals surface area contributed by atoms with Crippen LogP contribution < -0.4 is 0 Å². The first kappa shape index (κ1) is 18.5. The molecule has 0 aromatic carbocycles. The maximum atomic E-state index is 10.4. The summed E-state index contributed by atoms with van der Waals surface area (Å²) in [6, 6.07) is 0. The first-order valence-corrected chi connectivity index (χ1v) is 9.09. The second-order valence-electron chi connectivity index (χ2n) is 6.51. The summed E-state index contributed by atoms with van der Waals surface area (Å²) in [5.74, 6) is -0.665. The fraction of sp³-hybridized carbons (Fsp3) is 0.944. The first-order valence-electron chi connectivity index (χ1n) is 9.09. The predicted octanol–water partition coefficient (Wildman–Crippen LogP) is 5.32. The Labute approximate surface area is 130 Å². The van der Waals surface area contributed by atoms with Crippen molar-refractivity contribution in [3.8, 4) is 0 Å². The third-order valence-electron chi connectivity index (χ3n) is 4.49. The largest absolute Gasteiger partial charge is 0.481 e. The number of ether oxygens (including phenoxy) is 1.